The molecule has 0 saturated carbocycles. The van der Waals surface area contributed by atoms with Gasteiger partial charge in [0.05, 0.1) is 4.92 Å². The number of hydrogen-bond acceptors (Lipinski definition) is 6. The third kappa shape index (κ3) is 3.68. The molecule has 0 aliphatic rings. The molecule has 2 aromatic rings. The Morgan fingerprint density at radius 3 is 2.90 bits per heavy atom. The largest absolute Gasteiger partial charge is 0.378 e. The molecule has 8 nitrogen and oxygen atoms in total. The highest BCUT2D eigenvalue weighted by Gasteiger charge is 2.15. The summed E-state index contributed by atoms with van der Waals surface area (Å²) >= 11 is 0. The van der Waals surface area contributed by atoms with Crippen LogP contribution in [-0.2, 0) is 13.5 Å². The van der Waals surface area contributed by atoms with Gasteiger partial charge in [-0.25, -0.2) is 4.98 Å². The number of rotatable bonds is 6. The molecule has 21 heavy (non-hydrogen) atoms. The summed E-state index contributed by atoms with van der Waals surface area (Å²) in [7, 11) is 2.01. The predicted molar refractivity (Wildman–Crippen MR) is 79.9 cm³/mol. The Bertz CT molecular complexity index is 639. The number of nitrogens with two attached hydrogens (primary N) is 1. The molecule has 0 aliphatic carbocycles. The molecule has 8 heteroatoms. The fourth-order valence-corrected chi connectivity index (χ4v) is 2.01. The van der Waals surface area contributed by atoms with Gasteiger partial charge < -0.3 is 15.6 Å². The lowest BCUT2D eigenvalue weighted by molar-refractivity contribution is -0.384. The Hall–Kier alpha value is -2.64. The highest BCUT2D eigenvalue weighted by molar-refractivity contribution is 5.53. The van der Waals surface area contributed by atoms with Crippen LogP contribution < -0.4 is 11.1 Å². The number of nitro groups is 1. The minimum atomic E-state index is -0.599. The van der Waals surface area contributed by atoms with Crippen LogP contribution in [0.1, 0.15) is 19.0 Å². The van der Waals surface area contributed by atoms with E-state index in [4.69, 9.17) is 5.73 Å². The molecule has 0 aliphatic heterocycles. The molecule has 0 fully saturated rings. The van der Waals surface area contributed by atoms with E-state index < -0.39 is 4.92 Å². The summed E-state index contributed by atoms with van der Waals surface area (Å²) in [6, 6.07) is 4.21. The average molecular weight is 290 g/mol. The summed E-state index contributed by atoms with van der Waals surface area (Å²) in [5.41, 5.74) is 6.50. The first-order chi connectivity index (χ1) is 9.97. The predicted octanol–water partition coefficient (Wildman–Crippen LogP) is 1.74. The van der Waals surface area contributed by atoms with Gasteiger partial charge in [0.2, 0.25) is 11.8 Å². The van der Waals surface area contributed by atoms with Gasteiger partial charge in [0.25, 0.3) is 0 Å². The van der Waals surface area contributed by atoms with Crippen molar-refractivity contribution < 1.29 is 4.92 Å². The van der Waals surface area contributed by atoms with Crippen LogP contribution in [0.15, 0.2) is 24.5 Å². The molecule has 112 valence electrons. The minimum Gasteiger partial charge on any atom is -0.378 e. The van der Waals surface area contributed by atoms with E-state index in [0.29, 0.717) is 5.95 Å². The first kappa shape index (κ1) is 14.8. The summed E-state index contributed by atoms with van der Waals surface area (Å²) < 4.78 is 2.08. The molecule has 2 rings (SSSR count). The first-order valence-corrected chi connectivity index (χ1v) is 6.61. The molecule has 0 aromatic carbocycles. The van der Waals surface area contributed by atoms with Gasteiger partial charge in [0.15, 0.2) is 0 Å². The summed E-state index contributed by atoms with van der Waals surface area (Å²) in [4.78, 5) is 17.9. The van der Waals surface area contributed by atoms with Crippen molar-refractivity contribution in [1.29, 1.82) is 0 Å². The van der Waals surface area contributed by atoms with Crippen molar-refractivity contribution in [3.63, 3.8) is 0 Å². The molecule has 0 bridgehead atoms. The molecule has 0 amide bonds. The maximum absolute atomic E-state index is 10.6. The van der Waals surface area contributed by atoms with E-state index in [0.717, 1.165) is 19.0 Å². The van der Waals surface area contributed by atoms with E-state index in [9.17, 15) is 10.1 Å². The third-order valence-corrected chi connectivity index (χ3v) is 3.25. The van der Waals surface area contributed by atoms with Gasteiger partial charge in [-0.1, -0.05) is 0 Å². The van der Waals surface area contributed by atoms with Crippen LogP contribution in [-0.4, -0.2) is 25.5 Å². The van der Waals surface area contributed by atoms with Gasteiger partial charge in [0.1, 0.15) is 6.20 Å². The van der Waals surface area contributed by atoms with Crippen molar-refractivity contribution in [3.05, 3.63) is 40.3 Å². The minimum absolute atomic E-state index is 0.126. The Morgan fingerprint density at radius 1 is 1.57 bits per heavy atom. The smallest absolute Gasteiger partial charge is 0.329 e. The number of nitrogens with one attached hydrogen (secondary N) is 1. The van der Waals surface area contributed by atoms with Crippen molar-refractivity contribution in [1.82, 2.24) is 14.5 Å². The van der Waals surface area contributed by atoms with Crippen LogP contribution in [0, 0.1) is 10.1 Å². The van der Waals surface area contributed by atoms with Crippen molar-refractivity contribution in [2.75, 3.05) is 11.1 Å². The van der Waals surface area contributed by atoms with Crippen molar-refractivity contribution in [2.24, 2.45) is 7.05 Å². The zero-order valence-corrected chi connectivity index (χ0v) is 12.0. The number of nitrogen functional groups attached to an aromatic ring is 1. The van der Waals surface area contributed by atoms with E-state index >= 15 is 0 Å². The van der Waals surface area contributed by atoms with Crippen molar-refractivity contribution >= 4 is 17.5 Å². The van der Waals surface area contributed by atoms with Gasteiger partial charge in [-0.2, -0.15) is 4.98 Å². The highest BCUT2D eigenvalue weighted by Crippen LogP contribution is 2.19. The number of aryl methyl sites for hydroxylation is 2. The first-order valence-electron chi connectivity index (χ1n) is 6.61. The van der Waals surface area contributed by atoms with Gasteiger partial charge in [-0.3, -0.25) is 10.1 Å². The number of anilines is 2. The van der Waals surface area contributed by atoms with Crippen LogP contribution >= 0.6 is 0 Å². The molecular weight excluding hydrogens is 272 g/mol. The van der Waals surface area contributed by atoms with Crippen LogP contribution in [0.3, 0.4) is 0 Å². The van der Waals surface area contributed by atoms with E-state index in [1.807, 2.05) is 26.2 Å². The van der Waals surface area contributed by atoms with Gasteiger partial charge in [-0.15, -0.1) is 0 Å². The fourth-order valence-electron chi connectivity index (χ4n) is 2.01. The highest BCUT2D eigenvalue weighted by atomic mass is 16.6. The van der Waals surface area contributed by atoms with Crippen LogP contribution in [0.4, 0.5) is 17.5 Å². The standard InChI is InChI=1S/C13H18N6O2/c1-9(5-6-10-4-3-7-18(10)2)16-13-15-8-11(19(20)21)12(14)17-13/h3-4,7-9H,5-6H2,1-2H3,(H3,14,15,16,17)/t9-/m1/s1. The van der Waals surface area contributed by atoms with Crippen LogP contribution in [0.2, 0.25) is 0 Å². The summed E-state index contributed by atoms with van der Waals surface area (Å²) in [5.74, 6) is 0.171. The normalized spacial score (nSPS) is 12.1. The van der Waals surface area contributed by atoms with Crippen molar-refractivity contribution in [3.8, 4) is 0 Å². The second-order valence-electron chi connectivity index (χ2n) is 4.92. The Balaban J connectivity index is 1.93. The number of hydrogen-bond donors (Lipinski definition) is 2. The van der Waals surface area contributed by atoms with Gasteiger partial charge in [0, 0.05) is 25.0 Å². The van der Waals surface area contributed by atoms with Gasteiger partial charge >= 0.3 is 5.69 Å². The van der Waals surface area contributed by atoms with Crippen molar-refractivity contribution in [2.45, 2.75) is 25.8 Å². The molecule has 3 N–H and O–H groups in total. The summed E-state index contributed by atoms with van der Waals surface area (Å²) in [5, 5.41) is 13.7. The Labute approximate surface area is 122 Å². The Morgan fingerprint density at radius 2 is 2.33 bits per heavy atom. The third-order valence-electron chi connectivity index (χ3n) is 3.25. The topological polar surface area (TPSA) is 112 Å². The molecule has 0 radical (unpaired) electrons. The molecule has 2 heterocycles. The maximum Gasteiger partial charge on any atom is 0.329 e. The van der Waals surface area contributed by atoms with E-state index in [1.165, 1.54) is 5.69 Å². The monoisotopic (exact) mass is 290 g/mol. The average Bonchev–Trinajstić information content (AvgIpc) is 2.81. The molecule has 2 aromatic heterocycles. The van der Waals surface area contributed by atoms with Gasteiger partial charge in [-0.05, 0) is 31.9 Å². The lowest BCUT2D eigenvalue weighted by Gasteiger charge is -2.14. The van der Waals surface area contributed by atoms with E-state index in [1.54, 1.807) is 0 Å². The Kier molecular flexibility index (Phi) is 4.36. The molecule has 1 atom stereocenters. The maximum atomic E-state index is 10.6. The molecule has 0 spiro atoms. The lowest BCUT2D eigenvalue weighted by atomic mass is 10.1. The van der Waals surface area contributed by atoms with E-state index in [-0.39, 0.29) is 17.5 Å². The number of aromatic nitrogens is 3. The summed E-state index contributed by atoms with van der Waals surface area (Å²) in [6.45, 7) is 2.00. The second kappa shape index (κ2) is 6.21. The SMILES string of the molecule is C[C@H](CCc1cccn1C)Nc1ncc([N+](=O)[O-])c(N)n1. The number of nitrogens with zero attached hydrogens (tertiary/aromatic N) is 4. The molecule has 0 unspecified atom stereocenters. The van der Waals surface area contributed by atoms with Crippen LogP contribution in [0.25, 0.3) is 0 Å². The zero-order valence-electron chi connectivity index (χ0n) is 12.0. The molecule has 0 saturated heterocycles. The quantitative estimate of drug-likeness (QED) is 0.619. The summed E-state index contributed by atoms with van der Waals surface area (Å²) in [6.07, 6.45) is 4.93. The molecular formula is C13H18N6O2. The zero-order chi connectivity index (χ0) is 15.4. The second-order valence-corrected chi connectivity index (χ2v) is 4.92. The van der Waals surface area contributed by atoms with Crippen LogP contribution in [0.5, 0.6) is 0 Å². The lowest BCUT2D eigenvalue weighted by Crippen LogP contribution is -2.19. The van der Waals surface area contributed by atoms with E-state index in [2.05, 4.69) is 25.9 Å². The fraction of sp³-hybridized carbons (Fsp3) is 0.385.